The molecular formula is C23H27N3O3. The number of phenols is 1. The first-order valence-corrected chi connectivity index (χ1v) is 10.2. The lowest BCUT2D eigenvalue weighted by atomic mass is 10.1. The minimum atomic E-state index is -0.0539. The summed E-state index contributed by atoms with van der Waals surface area (Å²) in [7, 11) is 0. The summed E-state index contributed by atoms with van der Waals surface area (Å²) in [6.45, 7) is 2.95. The summed E-state index contributed by atoms with van der Waals surface area (Å²) < 4.78 is 0. The first kappa shape index (κ1) is 19.5. The zero-order valence-electron chi connectivity index (χ0n) is 16.5. The van der Waals surface area contributed by atoms with E-state index in [0.717, 1.165) is 31.5 Å². The molecule has 1 N–H and O–H groups in total. The van der Waals surface area contributed by atoms with E-state index in [-0.39, 0.29) is 30.3 Å². The smallest absolute Gasteiger partial charge is 0.242 e. The maximum absolute atomic E-state index is 12.6. The summed E-state index contributed by atoms with van der Waals surface area (Å²) in [6, 6.07) is 17.4. The number of carbonyl (C=O) groups is 2. The van der Waals surface area contributed by atoms with Gasteiger partial charge in [-0.1, -0.05) is 42.5 Å². The fourth-order valence-electron chi connectivity index (χ4n) is 4.17. The summed E-state index contributed by atoms with van der Waals surface area (Å²) in [4.78, 5) is 31.0. The minimum absolute atomic E-state index is 0.0333. The van der Waals surface area contributed by atoms with E-state index < -0.39 is 0 Å². The second-order valence-corrected chi connectivity index (χ2v) is 7.78. The number of hydrogen-bond donors (Lipinski definition) is 1. The van der Waals surface area contributed by atoms with Crippen LogP contribution in [0, 0.1) is 0 Å². The fraction of sp³-hybridized carbons (Fsp3) is 0.391. The van der Waals surface area contributed by atoms with Gasteiger partial charge in [-0.05, 0) is 36.1 Å². The number of piperazine rings is 1. The summed E-state index contributed by atoms with van der Waals surface area (Å²) >= 11 is 0. The summed E-state index contributed by atoms with van der Waals surface area (Å²) in [5.74, 6) is 0.376. The van der Waals surface area contributed by atoms with E-state index in [2.05, 4.69) is 17.0 Å². The van der Waals surface area contributed by atoms with Crippen molar-refractivity contribution in [1.82, 2.24) is 14.7 Å². The molecule has 152 valence electrons. The number of amides is 2. The van der Waals surface area contributed by atoms with Crippen molar-refractivity contribution < 1.29 is 14.7 Å². The fourth-order valence-corrected chi connectivity index (χ4v) is 4.17. The van der Waals surface area contributed by atoms with E-state index in [1.54, 1.807) is 17.0 Å². The number of benzene rings is 2. The van der Waals surface area contributed by atoms with Crippen LogP contribution in [0.4, 0.5) is 0 Å². The molecule has 6 heteroatoms. The van der Waals surface area contributed by atoms with Crippen LogP contribution in [0.5, 0.6) is 5.75 Å². The van der Waals surface area contributed by atoms with Crippen molar-refractivity contribution in [2.45, 2.75) is 25.4 Å². The zero-order valence-corrected chi connectivity index (χ0v) is 16.5. The summed E-state index contributed by atoms with van der Waals surface area (Å²) in [5, 5.41) is 9.45. The van der Waals surface area contributed by atoms with Crippen LogP contribution >= 0.6 is 0 Å². The molecule has 2 amide bonds. The van der Waals surface area contributed by atoms with E-state index in [9.17, 15) is 14.7 Å². The van der Waals surface area contributed by atoms with Gasteiger partial charge in [0.15, 0.2) is 0 Å². The number of hydrogen-bond acceptors (Lipinski definition) is 4. The van der Waals surface area contributed by atoms with Crippen LogP contribution in [-0.4, -0.2) is 70.5 Å². The minimum Gasteiger partial charge on any atom is -0.508 e. The Morgan fingerprint density at radius 1 is 0.862 bits per heavy atom. The molecule has 2 aliphatic rings. The highest BCUT2D eigenvalue weighted by atomic mass is 16.3. The Labute approximate surface area is 171 Å². The lowest BCUT2D eigenvalue weighted by Gasteiger charge is -2.49. The Kier molecular flexibility index (Phi) is 5.81. The third kappa shape index (κ3) is 4.59. The van der Waals surface area contributed by atoms with Crippen LogP contribution in [0.2, 0.25) is 0 Å². The molecule has 0 saturated carbocycles. The SMILES string of the molecule is O=C1CN2C(=O)CCN(CCc3ccc(O)cc3)C2CN1CCc1ccccc1. The van der Waals surface area contributed by atoms with E-state index in [1.807, 2.05) is 35.2 Å². The van der Waals surface area contributed by atoms with Gasteiger partial charge < -0.3 is 14.9 Å². The third-order valence-electron chi connectivity index (χ3n) is 5.89. The maximum Gasteiger partial charge on any atom is 0.242 e. The molecule has 2 heterocycles. The molecule has 4 rings (SSSR count). The Bertz CT molecular complexity index is 853. The van der Waals surface area contributed by atoms with Crippen molar-refractivity contribution in [3.8, 4) is 5.75 Å². The number of aromatic hydroxyl groups is 1. The van der Waals surface area contributed by atoms with Crippen molar-refractivity contribution in [2.24, 2.45) is 0 Å². The molecular weight excluding hydrogens is 366 g/mol. The van der Waals surface area contributed by atoms with Gasteiger partial charge in [0.1, 0.15) is 18.5 Å². The highest BCUT2D eigenvalue weighted by Gasteiger charge is 2.40. The monoisotopic (exact) mass is 393 g/mol. The van der Waals surface area contributed by atoms with Crippen molar-refractivity contribution in [3.05, 3.63) is 65.7 Å². The largest absolute Gasteiger partial charge is 0.508 e. The van der Waals surface area contributed by atoms with Gasteiger partial charge >= 0.3 is 0 Å². The van der Waals surface area contributed by atoms with Crippen molar-refractivity contribution in [1.29, 1.82) is 0 Å². The normalized spacial score (nSPS) is 20.1. The second kappa shape index (κ2) is 8.66. The molecule has 1 atom stereocenters. The molecule has 2 fully saturated rings. The van der Waals surface area contributed by atoms with Gasteiger partial charge in [-0.2, -0.15) is 0 Å². The molecule has 2 aromatic rings. The molecule has 0 aliphatic carbocycles. The van der Waals surface area contributed by atoms with Crippen LogP contribution in [0.25, 0.3) is 0 Å². The van der Waals surface area contributed by atoms with Crippen molar-refractivity contribution >= 4 is 11.8 Å². The average molecular weight is 393 g/mol. The predicted molar refractivity (Wildman–Crippen MR) is 110 cm³/mol. The van der Waals surface area contributed by atoms with E-state index >= 15 is 0 Å². The predicted octanol–water partition coefficient (Wildman–Crippen LogP) is 1.88. The Hall–Kier alpha value is -2.86. The Morgan fingerprint density at radius 2 is 1.55 bits per heavy atom. The molecule has 2 aliphatic heterocycles. The van der Waals surface area contributed by atoms with E-state index in [1.165, 1.54) is 5.56 Å². The highest BCUT2D eigenvalue weighted by molar-refractivity contribution is 5.87. The van der Waals surface area contributed by atoms with Crippen LogP contribution in [-0.2, 0) is 22.4 Å². The van der Waals surface area contributed by atoms with Gasteiger partial charge in [-0.3, -0.25) is 14.5 Å². The number of nitrogens with zero attached hydrogens (tertiary/aromatic N) is 3. The van der Waals surface area contributed by atoms with E-state index in [4.69, 9.17) is 0 Å². The Balaban J connectivity index is 1.40. The maximum atomic E-state index is 12.6. The molecule has 2 saturated heterocycles. The van der Waals surface area contributed by atoms with Crippen LogP contribution in [0.1, 0.15) is 17.5 Å². The topological polar surface area (TPSA) is 64.1 Å². The molecule has 0 radical (unpaired) electrons. The van der Waals surface area contributed by atoms with Crippen LogP contribution < -0.4 is 0 Å². The molecule has 0 aromatic heterocycles. The molecule has 1 unspecified atom stereocenters. The molecule has 0 bridgehead atoms. The first-order valence-electron chi connectivity index (χ1n) is 10.2. The van der Waals surface area contributed by atoms with Gasteiger partial charge in [0.25, 0.3) is 0 Å². The van der Waals surface area contributed by atoms with Gasteiger partial charge in [-0.25, -0.2) is 0 Å². The second-order valence-electron chi connectivity index (χ2n) is 7.78. The molecule has 2 aromatic carbocycles. The van der Waals surface area contributed by atoms with Gasteiger partial charge in [0, 0.05) is 26.1 Å². The van der Waals surface area contributed by atoms with Gasteiger partial charge in [0.2, 0.25) is 11.8 Å². The number of carbonyl (C=O) groups excluding carboxylic acids is 2. The lowest BCUT2D eigenvalue weighted by molar-refractivity contribution is -0.161. The third-order valence-corrected chi connectivity index (χ3v) is 5.89. The van der Waals surface area contributed by atoms with Crippen molar-refractivity contribution in [3.63, 3.8) is 0 Å². The van der Waals surface area contributed by atoms with Gasteiger partial charge in [-0.15, -0.1) is 0 Å². The molecule has 6 nitrogen and oxygen atoms in total. The summed E-state index contributed by atoms with van der Waals surface area (Å²) in [6.07, 6.45) is 2.07. The van der Waals surface area contributed by atoms with Gasteiger partial charge in [0.05, 0.1) is 6.54 Å². The quantitative estimate of drug-likeness (QED) is 0.814. The molecule has 0 spiro atoms. The summed E-state index contributed by atoms with van der Waals surface area (Å²) in [5.41, 5.74) is 2.37. The standard InChI is InChI=1S/C23H27N3O3/c27-20-8-6-19(7-9-20)10-13-24-15-12-22(28)26-17-23(29)25(16-21(24)26)14-11-18-4-2-1-3-5-18/h1-9,21,27H,10-17H2. The lowest BCUT2D eigenvalue weighted by Crippen LogP contribution is -2.66. The zero-order chi connectivity index (χ0) is 20.2. The first-order chi connectivity index (χ1) is 14.1. The number of fused-ring (bicyclic) bond motifs is 1. The molecule has 29 heavy (non-hydrogen) atoms. The highest BCUT2D eigenvalue weighted by Crippen LogP contribution is 2.22. The van der Waals surface area contributed by atoms with Crippen molar-refractivity contribution in [2.75, 3.05) is 32.7 Å². The Morgan fingerprint density at radius 3 is 2.31 bits per heavy atom. The number of rotatable bonds is 6. The van der Waals surface area contributed by atoms with E-state index in [0.29, 0.717) is 19.5 Å². The average Bonchev–Trinajstić information content (AvgIpc) is 2.74. The number of phenolic OH excluding ortho intramolecular Hbond substituents is 1. The van der Waals surface area contributed by atoms with Crippen LogP contribution in [0.3, 0.4) is 0 Å². The van der Waals surface area contributed by atoms with Crippen LogP contribution in [0.15, 0.2) is 54.6 Å².